The Morgan fingerprint density at radius 2 is 1.80 bits per heavy atom. The second kappa shape index (κ2) is 7.83. The molecule has 0 aromatic carbocycles. The highest BCUT2D eigenvalue weighted by Gasteiger charge is 2.40. The van der Waals surface area contributed by atoms with Gasteiger partial charge in [-0.25, -0.2) is 0 Å². The van der Waals surface area contributed by atoms with Crippen molar-refractivity contribution in [2.24, 2.45) is 5.41 Å². The molecule has 20 heavy (non-hydrogen) atoms. The fourth-order valence-electron chi connectivity index (χ4n) is 3.28. The summed E-state index contributed by atoms with van der Waals surface area (Å²) in [5.74, 6) is 0.223. The molecule has 0 radical (unpaired) electrons. The second-order valence-electron chi connectivity index (χ2n) is 6.50. The van der Waals surface area contributed by atoms with Crippen LogP contribution in [0.5, 0.6) is 0 Å². The summed E-state index contributed by atoms with van der Waals surface area (Å²) in [6.45, 7) is 4.64. The van der Waals surface area contributed by atoms with Crippen LogP contribution in [0.1, 0.15) is 39.0 Å². The van der Waals surface area contributed by atoms with Crippen molar-refractivity contribution in [3.05, 3.63) is 0 Å². The maximum atomic E-state index is 12.3. The van der Waals surface area contributed by atoms with Crippen LogP contribution in [0.3, 0.4) is 0 Å². The average molecular weight is 326 g/mol. The number of amides is 1. The molecule has 0 aromatic rings. The van der Waals surface area contributed by atoms with E-state index in [1.807, 2.05) is 0 Å². The monoisotopic (exact) mass is 325 g/mol. The zero-order chi connectivity index (χ0) is 13.2. The van der Waals surface area contributed by atoms with Gasteiger partial charge in [0, 0.05) is 18.6 Å². The van der Waals surface area contributed by atoms with E-state index in [0.29, 0.717) is 0 Å². The van der Waals surface area contributed by atoms with E-state index in [-0.39, 0.29) is 41.7 Å². The number of hydrogen-bond acceptors (Lipinski definition) is 3. The Morgan fingerprint density at radius 3 is 2.25 bits per heavy atom. The molecular weight excluding hydrogens is 297 g/mol. The molecule has 0 bridgehead atoms. The van der Waals surface area contributed by atoms with Crippen LogP contribution < -0.4 is 10.6 Å². The molecule has 2 N–H and O–H groups in total. The number of halogens is 2. The standard InChI is InChI=1S/C14H27N3O.2ClH/c1-13(8-9-15-10-13)12(18)16-11-14(17(2)3)6-4-5-7-14;;/h15H,4-11H2,1-3H3,(H,16,18);2*1H. The summed E-state index contributed by atoms with van der Waals surface area (Å²) in [6.07, 6.45) is 5.93. The first-order valence-electron chi connectivity index (χ1n) is 7.15. The third kappa shape index (κ3) is 4.00. The SMILES string of the molecule is CN(C)C1(CNC(=O)C2(C)CCNC2)CCCC1.Cl.Cl. The lowest BCUT2D eigenvalue weighted by Gasteiger charge is -2.37. The number of likely N-dealkylation sites (N-methyl/N-ethyl adjacent to an activating group) is 1. The summed E-state index contributed by atoms with van der Waals surface area (Å²) in [5, 5.41) is 6.49. The van der Waals surface area contributed by atoms with Crippen LogP contribution in [-0.4, -0.2) is 50.1 Å². The molecule has 2 aliphatic rings. The number of nitrogens with zero attached hydrogens (tertiary/aromatic N) is 1. The molecule has 1 unspecified atom stereocenters. The molecule has 120 valence electrons. The minimum atomic E-state index is -0.202. The predicted octanol–water partition coefficient (Wildman–Crippen LogP) is 1.82. The normalized spacial score (nSPS) is 27.8. The summed E-state index contributed by atoms with van der Waals surface area (Å²) in [6, 6.07) is 0. The highest BCUT2D eigenvalue weighted by Crippen LogP contribution is 2.33. The van der Waals surface area contributed by atoms with Crippen LogP contribution in [0, 0.1) is 5.41 Å². The Kier molecular flexibility index (Phi) is 7.82. The molecule has 1 atom stereocenters. The van der Waals surface area contributed by atoms with Crippen molar-refractivity contribution < 1.29 is 4.79 Å². The number of rotatable bonds is 4. The Bertz CT molecular complexity index is 312. The lowest BCUT2D eigenvalue weighted by molar-refractivity contribution is -0.129. The molecule has 2 rings (SSSR count). The molecule has 1 aliphatic carbocycles. The molecular formula is C14H29Cl2N3O. The summed E-state index contributed by atoms with van der Waals surface area (Å²) < 4.78 is 0. The van der Waals surface area contributed by atoms with Gasteiger partial charge >= 0.3 is 0 Å². The molecule has 0 aromatic heterocycles. The van der Waals surface area contributed by atoms with Gasteiger partial charge < -0.3 is 15.5 Å². The van der Waals surface area contributed by atoms with Crippen molar-refractivity contribution in [2.45, 2.75) is 44.6 Å². The van der Waals surface area contributed by atoms with E-state index in [0.717, 1.165) is 26.1 Å². The van der Waals surface area contributed by atoms with Crippen molar-refractivity contribution >= 4 is 30.7 Å². The van der Waals surface area contributed by atoms with Gasteiger partial charge in [0.25, 0.3) is 0 Å². The molecule has 0 spiro atoms. The first kappa shape index (κ1) is 20.0. The largest absolute Gasteiger partial charge is 0.354 e. The van der Waals surface area contributed by atoms with Crippen molar-refractivity contribution in [3.8, 4) is 0 Å². The van der Waals surface area contributed by atoms with Gasteiger partial charge in [0.15, 0.2) is 0 Å². The highest BCUT2D eigenvalue weighted by molar-refractivity contribution is 5.85. The quantitative estimate of drug-likeness (QED) is 0.828. The van der Waals surface area contributed by atoms with Crippen molar-refractivity contribution in [2.75, 3.05) is 33.7 Å². The van der Waals surface area contributed by atoms with Gasteiger partial charge in [-0.15, -0.1) is 24.8 Å². The van der Waals surface area contributed by atoms with E-state index in [9.17, 15) is 4.79 Å². The lowest BCUT2D eigenvalue weighted by Crippen LogP contribution is -2.53. The molecule has 2 fully saturated rings. The first-order valence-corrected chi connectivity index (χ1v) is 7.15. The van der Waals surface area contributed by atoms with Gasteiger partial charge in [0.1, 0.15) is 0 Å². The van der Waals surface area contributed by atoms with Crippen molar-refractivity contribution in [1.29, 1.82) is 0 Å². The molecule has 1 heterocycles. The molecule has 1 aliphatic heterocycles. The van der Waals surface area contributed by atoms with E-state index in [1.165, 1.54) is 25.7 Å². The highest BCUT2D eigenvalue weighted by atomic mass is 35.5. The molecule has 6 heteroatoms. The maximum Gasteiger partial charge on any atom is 0.227 e. The fraction of sp³-hybridized carbons (Fsp3) is 0.929. The van der Waals surface area contributed by atoms with Gasteiger partial charge in [0.2, 0.25) is 5.91 Å². The summed E-state index contributed by atoms with van der Waals surface area (Å²) in [4.78, 5) is 14.6. The number of carbonyl (C=O) groups is 1. The Hall–Kier alpha value is -0.0300. The first-order chi connectivity index (χ1) is 8.49. The zero-order valence-corrected chi connectivity index (χ0v) is 14.5. The second-order valence-corrected chi connectivity index (χ2v) is 6.50. The van der Waals surface area contributed by atoms with Gasteiger partial charge in [0.05, 0.1) is 5.41 Å². The Balaban J connectivity index is 0.00000180. The van der Waals surface area contributed by atoms with E-state index >= 15 is 0 Å². The predicted molar refractivity (Wildman–Crippen MR) is 88.0 cm³/mol. The topological polar surface area (TPSA) is 44.4 Å². The van der Waals surface area contributed by atoms with E-state index in [4.69, 9.17) is 0 Å². The van der Waals surface area contributed by atoms with E-state index in [2.05, 4.69) is 36.6 Å². The minimum Gasteiger partial charge on any atom is -0.354 e. The van der Waals surface area contributed by atoms with Crippen molar-refractivity contribution in [3.63, 3.8) is 0 Å². The average Bonchev–Trinajstić information content (AvgIpc) is 2.96. The number of hydrogen-bond donors (Lipinski definition) is 2. The van der Waals surface area contributed by atoms with E-state index in [1.54, 1.807) is 0 Å². The van der Waals surface area contributed by atoms with Crippen LogP contribution in [0.25, 0.3) is 0 Å². The molecule has 1 saturated heterocycles. The third-order valence-electron chi connectivity index (χ3n) is 4.98. The summed E-state index contributed by atoms with van der Waals surface area (Å²) in [7, 11) is 4.27. The lowest BCUT2D eigenvalue weighted by atomic mass is 9.88. The van der Waals surface area contributed by atoms with Crippen molar-refractivity contribution in [1.82, 2.24) is 15.5 Å². The minimum absolute atomic E-state index is 0. The third-order valence-corrected chi connectivity index (χ3v) is 4.98. The van der Waals surface area contributed by atoms with Crippen LogP contribution in [0.2, 0.25) is 0 Å². The van der Waals surface area contributed by atoms with Gasteiger partial charge in [-0.05, 0) is 46.8 Å². The van der Waals surface area contributed by atoms with E-state index < -0.39 is 0 Å². The van der Waals surface area contributed by atoms with Crippen LogP contribution in [-0.2, 0) is 4.79 Å². The summed E-state index contributed by atoms with van der Waals surface area (Å²) >= 11 is 0. The van der Waals surface area contributed by atoms with Gasteiger partial charge in [-0.2, -0.15) is 0 Å². The number of carbonyl (C=O) groups excluding carboxylic acids is 1. The zero-order valence-electron chi connectivity index (χ0n) is 12.8. The maximum absolute atomic E-state index is 12.3. The van der Waals surface area contributed by atoms with Crippen LogP contribution in [0.15, 0.2) is 0 Å². The fourth-order valence-corrected chi connectivity index (χ4v) is 3.28. The Morgan fingerprint density at radius 1 is 1.20 bits per heavy atom. The molecule has 1 saturated carbocycles. The Labute approximate surface area is 135 Å². The molecule has 1 amide bonds. The summed E-state index contributed by atoms with van der Waals surface area (Å²) in [5.41, 5.74) is -0.00976. The van der Waals surface area contributed by atoms with Crippen LogP contribution in [0.4, 0.5) is 0 Å². The smallest absolute Gasteiger partial charge is 0.227 e. The number of nitrogens with one attached hydrogen (secondary N) is 2. The van der Waals surface area contributed by atoms with Crippen LogP contribution >= 0.6 is 24.8 Å². The van der Waals surface area contributed by atoms with Gasteiger partial charge in [-0.1, -0.05) is 12.8 Å². The molecule has 4 nitrogen and oxygen atoms in total. The van der Waals surface area contributed by atoms with Gasteiger partial charge in [-0.3, -0.25) is 4.79 Å².